The Morgan fingerprint density at radius 3 is 1.40 bits per heavy atom. The molecule has 0 amide bonds. The van der Waals surface area contributed by atoms with Crippen LogP contribution in [0.5, 0.6) is 0 Å². The summed E-state index contributed by atoms with van der Waals surface area (Å²) >= 11 is 25.6. The molecule has 0 rings (SSSR count). The van der Waals surface area contributed by atoms with Crippen LogP contribution in [0.25, 0.3) is 0 Å². The zero-order chi connectivity index (χ0) is 8.58. The largest absolute Gasteiger partial charge is 0.479 e. The predicted molar refractivity (Wildman–Crippen MR) is 42.4 cm³/mol. The van der Waals surface area contributed by atoms with Crippen molar-refractivity contribution in [1.29, 1.82) is 0 Å². The predicted octanol–water partition coefficient (Wildman–Crippen LogP) is 2.62. The van der Waals surface area contributed by atoms with E-state index in [1.165, 1.54) is 0 Å². The van der Waals surface area contributed by atoms with Gasteiger partial charge in [-0.1, -0.05) is 58.0 Å². The summed E-state index contributed by atoms with van der Waals surface area (Å²) in [6.07, 6.45) is 0. The molecular formula is C3HCl5O2. The maximum absolute atomic E-state index is 10.2. The summed E-state index contributed by atoms with van der Waals surface area (Å²) in [7, 11) is 0. The van der Waals surface area contributed by atoms with Gasteiger partial charge in [0.05, 0.1) is 0 Å². The summed E-state index contributed by atoms with van der Waals surface area (Å²) in [4.78, 5) is 10.2. The number of hydrogen-bond acceptors (Lipinski definition) is 1. The minimum absolute atomic E-state index is 1.60. The molecule has 0 aromatic rings. The van der Waals surface area contributed by atoms with Crippen LogP contribution in [0, 0.1) is 0 Å². The van der Waals surface area contributed by atoms with Crippen molar-refractivity contribution in [2.75, 3.05) is 0 Å². The van der Waals surface area contributed by atoms with Crippen molar-refractivity contribution in [2.24, 2.45) is 0 Å². The molecule has 0 saturated carbocycles. The third-order valence-electron chi connectivity index (χ3n) is 0.625. The molecule has 0 aromatic carbocycles. The Hall–Kier alpha value is 0.920. The van der Waals surface area contributed by atoms with Crippen molar-refractivity contribution in [3.8, 4) is 0 Å². The summed E-state index contributed by atoms with van der Waals surface area (Å²) in [5.41, 5.74) is 0. The van der Waals surface area contributed by atoms with Crippen molar-refractivity contribution in [1.82, 2.24) is 0 Å². The van der Waals surface area contributed by atoms with Gasteiger partial charge in [0, 0.05) is 0 Å². The van der Waals surface area contributed by atoms with Crippen LogP contribution in [0.2, 0.25) is 0 Å². The third-order valence-corrected chi connectivity index (χ3v) is 2.95. The second-order valence-corrected chi connectivity index (χ2v) is 4.99. The van der Waals surface area contributed by atoms with E-state index in [1.54, 1.807) is 0 Å². The highest BCUT2D eigenvalue weighted by atomic mass is 35.6. The Kier molecular flexibility index (Phi) is 3.40. The molecule has 0 unspecified atom stereocenters. The van der Waals surface area contributed by atoms with Crippen LogP contribution >= 0.6 is 58.0 Å². The van der Waals surface area contributed by atoms with Crippen molar-refractivity contribution in [3.63, 3.8) is 0 Å². The molecule has 0 saturated heterocycles. The molecule has 10 heavy (non-hydrogen) atoms. The molecule has 0 fully saturated rings. The molecule has 2 nitrogen and oxygen atoms in total. The molecule has 0 aliphatic carbocycles. The van der Waals surface area contributed by atoms with E-state index in [0.717, 1.165) is 0 Å². The number of carboxylic acid groups (broad SMARTS) is 1. The smallest absolute Gasteiger partial charge is 0.344 e. The first kappa shape index (κ1) is 10.9. The SMILES string of the molecule is O=C(O)C(Cl)(Cl)C(Cl)(Cl)Cl. The first-order valence-corrected chi connectivity index (χ1v) is 3.76. The van der Waals surface area contributed by atoms with Gasteiger partial charge in [-0.2, -0.15) is 0 Å². The molecule has 0 radical (unpaired) electrons. The number of aliphatic carboxylic acids is 1. The van der Waals surface area contributed by atoms with Crippen LogP contribution in [0.15, 0.2) is 0 Å². The lowest BCUT2D eigenvalue weighted by Gasteiger charge is -2.21. The van der Waals surface area contributed by atoms with Crippen LogP contribution in [-0.2, 0) is 4.79 Å². The van der Waals surface area contributed by atoms with Gasteiger partial charge in [-0.25, -0.2) is 4.79 Å². The van der Waals surface area contributed by atoms with Crippen LogP contribution < -0.4 is 0 Å². The van der Waals surface area contributed by atoms with Gasteiger partial charge < -0.3 is 5.11 Å². The van der Waals surface area contributed by atoms with Crippen molar-refractivity contribution in [3.05, 3.63) is 0 Å². The lowest BCUT2D eigenvalue weighted by molar-refractivity contribution is -0.137. The molecule has 1 N–H and O–H groups in total. The molecule has 0 bridgehead atoms. The first-order valence-electron chi connectivity index (χ1n) is 1.87. The monoisotopic (exact) mass is 244 g/mol. The lowest BCUT2D eigenvalue weighted by atomic mass is 10.5. The second-order valence-electron chi connectivity index (χ2n) is 1.38. The first-order chi connectivity index (χ1) is 4.19. The third kappa shape index (κ3) is 2.21. The van der Waals surface area contributed by atoms with E-state index in [9.17, 15) is 4.79 Å². The minimum Gasteiger partial charge on any atom is -0.479 e. The Morgan fingerprint density at radius 2 is 1.40 bits per heavy atom. The van der Waals surface area contributed by atoms with Crippen LogP contribution in [-0.4, -0.2) is 19.2 Å². The van der Waals surface area contributed by atoms with E-state index in [2.05, 4.69) is 0 Å². The molecular weight excluding hydrogens is 245 g/mol. The summed E-state index contributed by atoms with van der Waals surface area (Å²) in [6.45, 7) is 0. The van der Waals surface area contributed by atoms with Gasteiger partial charge >= 0.3 is 5.97 Å². The summed E-state index contributed by atoms with van der Waals surface area (Å²) in [5, 5.41) is 8.26. The van der Waals surface area contributed by atoms with E-state index in [0.29, 0.717) is 0 Å². The Morgan fingerprint density at radius 1 is 1.10 bits per heavy atom. The number of carbonyl (C=O) groups is 1. The summed E-state index contributed by atoms with van der Waals surface area (Å²) in [6, 6.07) is 0. The van der Waals surface area contributed by atoms with Gasteiger partial charge in [0.15, 0.2) is 0 Å². The van der Waals surface area contributed by atoms with E-state index in [-0.39, 0.29) is 0 Å². The van der Waals surface area contributed by atoms with Gasteiger partial charge in [0.25, 0.3) is 4.33 Å². The van der Waals surface area contributed by atoms with Crippen LogP contribution in [0.4, 0.5) is 0 Å². The Balaban J connectivity index is 4.57. The van der Waals surface area contributed by atoms with Gasteiger partial charge in [-0.15, -0.1) is 0 Å². The number of rotatable bonds is 1. The topological polar surface area (TPSA) is 37.3 Å². The molecule has 0 aromatic heterocycles. The van der Waals surface area contributed by atoms with Crippen molar-refractivity contribution in [2.45, 2.75) is 8.13 Å². The summed E-state index contributed by atoms with van der Waals surface area (Å²) < 4.78 is -4.64. The molecule has 0 heterocycles. The highest BCUT2D eigenvalue weighted by molar-refractivity contribution is 6.78. The van der Waals surface area contributed by atoms with E-state index in [1.807, 2.05) is 0 Å². The normalized spacial score (nSPS) is 13.3. The summed E-state index contributed by atoms with van der Waals surface area (Å²) in [5.74, 6) is -1.60. The molecule has 0 atom stereocenters. The molecule has 0 aliphatic heterocycles. The zero-order valence-corrected chi connectivity index (χ0v) is 8.02. The molecule has 7 heteroatoms. The fourth-order valence-corrected chi connectivity index (χ4v) is 0.364. The van der Waals surface area contributed by atoms with E-state index in [4.69, 9.17) is 63.1 Å². The molecule has 60 valence electrons. The highest BCUT2D eigenvalue weighted by Gasteiger charge is 2.52. The van der Waals surface area contributed by atoms with Crippen LogP contribution in [0.3, 0.4) is 0 Å². The zero-order valence-electron chi connectivity index (χ0n) is 4.25. The maximum atomic E-state index is 10.2. The van der Waals surface area contributed by atoms with Crippen LogP contribution in [0.1, 0.15) is 0 Å². The number of halogens is 5. The maximum Gasteiger partial charge on any atom is 0.344 e. The average molecular weight is 246 g/mol. The average Bonchev–Trinajstić information content (AvgIpc) is 1.62. The lowest BCUT2D eigenvalue weighted by Crippen LogP contribution is -2.39. The Bertz CT molecular complexity index is 147. The van der Waals surface area contributed by atoms with Gasteiger partial charge in [-0.05, 0) is 0 Å². The van der Waals surface area contributed by atoms with Gasteiger partial charge in [0.1, 0.15) is 0 Å². The highest BCUT2D eigenvalue weighted by Crippen LogP contribution is 2.45. The number of carboxylic acids is 1. The van der Waals surface area contributed by atoms with Crippen molar-refractivity contribution < 1.29 is 9.90 Å². The van der Waals surface area contributed by atoms with E-state index >= 15 is 0 Å². The van der Waals surface area contributed by atoms with Crippen molar-refractivity contribution >= 4 is 64.0 Å². The standard InChI is InChI=1S/C3HCl5O2/c4-2(5,1(9)10)3(6,7)8/h(H,9,10). The van der Waals surface area contributed by atoms with Gasteiger partial charge in [0.2, 0.25) is 3.79 Å². The minimum atomic E-state index is -2.41. The molecule has 0 spiro atoms. The second kappa shape index (κ2) is 3.11. The quantitative estimate of drug-likeness (QED) is 0.722. The number of hydrogen-bond donors (Lipinski definition) is 1. The van der Waals surface area contributed by atoms with Gasteiger partial charge in [-0.3, -0.25) is 0 Å². The van der Waals surface area contributed by atoms with E-state index < -0.39 is 14.1 Å². The number of alkyl halides is 5. The fraction of sp³-hybridized carbons (Fsp3) is 0.667. The fourth-order valence-electron chi connectivity index (χ4n) is 0.121. The molecule has 0 aliphatic rings. The Labute approximate surface area is 81.9 Å².